The molecule has 0 aromatic heterocycles. The summed E-state index contributed by atoms with van der Waals surface area (Å²) in [6.45, 7) is 5.89. The first-order valence-corrected chi connectivity index (χ1v) is 7.71. The van der Waals surface area contributed by atoms with Gasteiger partial charge >= 0.3 is 0 Å². The molecule has 22 heavy (non-hydrogen) atoms. The summed E-state index contributed by atoms with van der Waals surface area (Å²) in [5.74, 6) is 0.600. The molecule has 1 saturated heterocycles. The van der Waals surface area contributed by atoms with Gasteiger partial charge in [-0.15, -0.1) is 0 Å². The zero-order valence-electron chi connectivity index (χ0n) is 13.1. The van der Waals surface area contributed by atoms with Crippen molar-refractivity contribution in [1.29, 1.82) is 5.26 Å². The van der Waals surface area contributed by atoms with Gasteiger partial charge in [0.25, 0.3) is 5.91 Å². The molecule has 1 aliphatic rings. The monoisotopic (exact) mass is 302 g/mol. The van der Waals surface area contributed by atoms with Crippen LogP contribution in [0.2, 0.25) is 0 Å². The van der Waals surface area contributed by atoms with Gasteiger partial charge in [-0.25, -0.2) is 0 Å². The molecular weight excluding hydrogens is 280 g/mol. The molecule has 118 valence electrons. The first kappa shape index (κ1) is 16.3. The molecule has 5 heteroatoms. The Morgan fingerprint density at radius 1 is 1.36 bits per heavy atom. The third-order valence-electron chi connectivity index (χ3n) is 3.80. The van der Waals surface area contributed by atoms with Gasteiger partial charge in [-0.05, 0) is 51.0 Å². The van der Waals surface area contributed by atoms with Crippen molar-refractivity contribution in [2.45, 2.75) is 38.9 Å². The fourth-order valence-electron chi connectivity index (χ4n) is 2.60. The molecule has 5 nitrogen and oxygen atoms in total. The molecule has 1 fully saturated rings. The van der Waals surface area contributed by atoms with E-state index >= 15 is 0 Å². The summed E-state index contributed by atoms with van der Waals surface area (Å²) in [6, 6.07) is 8.84. The molecule has 1 aliphatic heterocycles. The van der Waals surface area contributed by atoms with E-state index in [0.717, 1.165) is 19.4 Å². The van der Waals surface area contributed by atoms with E-state index < -0.39 is 6.10 Å². The molecule has 1 amide bonds. The van der Waals surface area contributed by atoms with Gasteiger partial charge in [0.2, 0.25) is 0 Å². The van der Waals surface area contributed by atoms with Gasteiger partial charge in [-0.2, -0.15) is 5.26 Å². The first-order valence-electron chi connectivity index (χ1n) is 7.71. The number of hydrogen-bond donors (Lipinski definition) is 0. The number of nitriles is 1. The normalized spacial score (nSPS) is 16.9. The van der Waals surface area contributed by atoms with Gasteiger partial charge in [0.1, 0.15) is 5.75 Å². The van der Waals surface area contributed by atoms with Gasteiger partial charge in [0.05, 0.1) is 17.7 Å². The maximum absolute atomic E-state index is 12.4. The average Bonchev–Trinajstić information content (AvgIpc) is 2.56. The van der Waals surface area contributed by atoms with Crippen LogP contribution in [0.15, 0.2) is 24.3 Å². The highest BCUT2D eigenvalue weighted by molar-refractivity contribution is 5.81. The van der Waals surface area contributed by atoms with Crippen LogP contribution in [0.1, 0.15) is 32.3 Å². The molecule has 1 aromatic carbocycles. The predicted molar refractivity (Wildman–Crippen MR) is 82.5 cm³/mol. The van der Waals surface area contributed by atoms with Gasteiger partial charge in [-0.3, -0.25) is 4.79 Å². The average molecular weight is 302 g/mol. The number of hydrogen-bond acceptors (Lipinski definition) is 4. The van der Waals surface area contributed by atoms with E-state index in [0.29, 0.717) is 24.4 Å². The second-order valence-corrected chi connectivity index (χ2v) is 5.38. The molecule has 0 unspecified atom stereocenters. The maximum atomic E-state index is 12.4. The molecule has 1 heterocycles. The third kappa shape index (κ3) is 4.22. The Kier molecular flexibility index (Phi) is 5.79. The van der Waals surface area contributed by atoms with E-state index in [1.807, 2.05) is 11.8 Å². The number of piperidine rings is 1. The lowest BCUT2D eigenvalue weighted by Gasteiger charge is -2.33. The Bertz CT molecular complexity index is 528. The van der Waals surface area contributed by atoms with E-state index in [1.165, 1.54) is 0 Å². The second-order valence-electron chi connectivity index (χ2n) is 5.38. The van der Waals surface area contributed by atoms with Crippen molar-refractivity contribution in [3.05, 3.63) is 29.8 Å². The quantitative estimate of drug-likeness (QED) is 0.837. The van der Waals surface area contributed by atoms with Crippen molar-refractivity contribution in [2.24, 2.45) is 0 Å². The summed E-state index contributed by atoms with van der Waals surface area (Å²) >= 11 is 0. The smallest absolute Gasteiger partial charge is 0.263 e. The van der Waals surface area contributed by atoms with Gasteiger partial charge in [0, 0.05) is 19.7 Å². The Morgan fingerprint density at radius 2 is 2.00 bits per heavy atom. The minimum absolute atomic E-state index is 0.000641. The number of amides is 1. The van der Waals surface area contributed by atoms with E-state index in [1.54, 1.807) is 31.2 Å². The van der Waals surface area contributed by atoms with Gasteiger partial charge in [0.15, 0.2) is 6.10 Å². The highest BCUT2D eigenvalue weighted by Crippen LogP contribution is 2.17. The van der Waals surface area contributed by atoms with E-state index in [4.69, 9.17) is 14.7 Å². The van der Waals surface area contributed by atoms with Crippen LogP contribution in [0.25, 0.3) is 0 Å². The number of rotatable bonds is 5. The molecule has 0 bridgehead atoms. The van der Waals surface area contributed by atoms with Gasteiger partial charge < -0.3 is 14.4 Å². The maximum Gasteiger partial charge on any atom is 0.263 e. The highest BCUT2D eigenvalue weighted by Gasteiger charge is 2.27. The summed E-state index contributed by atoms with van der Waals surface area (Å²) in [5.41, 5.74) is 0.573. The third-order valence-corrected chi connectivity index (χ3v) is 3.80. The largest absolute Gasteiger partial charge is 0.481 e. The summed E-state index contributed by atoms with van der Waals surface area (Å²) in [6.07, 6.45) is 1.49. The van der Waals surface area contributed by atoms with Crippen molar-refractivity contribution < 1.29 is 14.3 Å². The lowest BCUT2D eigenvalue weighted by atomic mass is 10.1. The number of carbonyl (C=O) groups excluding carboxylic acids is 1. The number of benzene rings is 1. The van der Waals surface area contributed by atoms with E-state index in [2.05, 4.69) is 6.07 Å². The zero-order valence-corrected chi connectivity index (χ0v) is 13.1. The number of ether oxygens (including phenoxy) is 2. The molecule has 0 radical (unpaired) electrons. The minimum Gasteiger partial charge on any atom is -0.481 e. The molecule has 0 aliphatic carbocycles. The van der Waals surface area contributed by atoms with Crippen LogP contribution in [0.4, 0.5) is 0 Å². The first-order chi connectivity index (χ1) is 10.6. The Morgan fingerprint density at radius 3 is 2.55 bits per heavy atom. The lowest BCUT2D eigenvalue weighted by molar-refractivity contribution is -0.140. The van der Waals surface area contributed by atoms with Crippen LogP contribution in [0, 0.1) is 11.3 Å². The van der Waals surface area contributed by atoms with Crippen LogP contribution < -0.4 is 4.74 Å². The van der Waals surface area contributed by atoms with Crippen molar-refractivity contribution in [3.8, 4) is 11.8 Å². The van der Waals surface area contributed by atoms with Crippen LogP contribution in [0.3, 0.4) is 0 Å². The van der Waals surface area contributed by atoms with Crippen LogP contribution in [-0.4, -0.2) is 42.7 Å². The molecular formula is C17H22N2O3. The Balaban J connectivity index is 1.85. The van der Waals surface area contributed by atoms with Crippen LogP contribution >= 0.6 is 0 Å². The summed E-state index contributed by atoms with van der Waals surface area (Å²) in [7, 11) is 0. The van der Waals surface area contributed by atoms with Crippen molar-refractivity contribution in [1.82, 2.24) is 4.90 Å². The zero-order chi connectivity index (χ0) is 15.9. The topological polar surface area (TPSA) is 62.6 Å². The Hall–Kier alpha value is -2.06. The summed E-state index contributed by atoms with van der Waals surface area (Å²) in [4.78, 5) is 14.2. The standard InChI is InChI=1S/C17H22N2O3/c1-3-21-15-8-10-19(11-9-15)17(20)13(2)22-16-6-4-14(12-18)5-7-16/h4-7,13,15H,3,8-11H2,1-2H3/t13-/m0/s1. The highest BCUT2D eigenvalue weighted by atomic mass is 16.5. The number of carbonyl (C=O) groups is 1. The van der Waals surface area contributed by atoms with Crippen molar-refractivity contribution >= 4 is 5.91 Å². The summed E-state index contributed by atoms with van der Waals surface area (Å²) in [5, 5.41) is 8.77. The second kappa shape index (κ2) is 7.81. The molecule has 0 spiro atoms. The molecule has 1 atom stereocenters. The predicted octanol–water partition coefficient (Wildman–Crippen LogP) is 2.35. The van der Waals surface area contributed by atoms with Crippen LogP contribution in [-0.2, 0) is 9.53 Å². The molecule has 0 saturated carbocycles. The number of likely N-dealkylation sites (tertiary alicyclic amines) is 1. The molecule has 0 N–H and O–H groups in total. The van der Waals surface area contributed by atoms with Crippen LogP contribution in [0.5, 0.6) is 5.75 Å². The van der Waals surface area contributed by atoms with Gasteiger partial charge in [-0.1, -0.05) is 0 Å². The van der Waals surface area contributed by atoms with Crippen molar-refractivity contribution in [2.75, 3.05) is 19.7 Å². The number of nitrogens with zero attached hydrogens (tertiary/aromatic N) is 2. The SMILES string of the molecule is CCOC1CCN(C(=O)[C@H](C)Oc2ccc(C#N)cc2)CC1. The van der Waals surface area contributed by atoms with E-state index in [9.17, 15) is 4.79 Å². The van der Waals surface area contributed by atoms with E-state index in [-0.39, 0.29) is 12.0 Å². The lowest BCUT2D eigenvalue weighted by Crippen LogP contribution is -2.46. The summed E-state index contributed by atoms with van der Waals surface area (Å²) < 4.78 is 11.3. The minimum atomic E-state index is -0.531. The fraction of sp³-hybridized carbons (Fsp3) is 0.529. The molecule has 2 rings (SSSR count). The fourth-order valence-corrected chi connectivity index (χ4v) is 2.60. The van der Waals surface area contributed by atoms with Crippen molar-refractivity contribution in [3.63, 3.8) is 0 Å². The Labute approximate surface area is 131 Å². The molecule has 1 aromatic rings.